The van der Waals surface area contributed by atoms with E-state index in [9.17, 15) is 4.39 Å². The van der Waals surface area contributed by atoms with Crippen LogP contribution in [-0.2, 0) is 0 Å². The summed E-state index contributed by atoms with van der Waals surface area (Å²) < 4.78 is 15.6. The third kappa shape index (κ3) is 2.12. The van der Waals surface area contributed by atoms with E-state index in [0.29, 0.717) is 5.52 Å². The highest BCUT2D eigenvalue weighted by Crippen LogP contribution is 2.39. The van der Waals surface area contributed by atoms with Crippen molar-refractivity contribution in [2.24, 2.45) is 0 Å². The van der Waals surface area contributed by atoms with Gasteiger partial charge in [-0.1, -0.05) is 0 Å². The fourth-order valence-electron chi connectivity index (χ4n) is 2.70. The highest BCUT2D eigenvalue weighted by atomic mass is 32.1. The number of nitrogens with two attached hydrogens (primary N) is 1. The maximum absolute atomic E-state index is 13.5. The molecule has 0 fully saturated rings. The largest absolute Gasteiger partial charge is 0.390 e. The molecule has 0 aliphatic carbocycles. The standard InChI is InChI=1S/C16H18FN3S/c1-8(2)20-13-6-5-11(17)7-12(13)19-16(20)14-9(3)10(4)21-15(14)18/h5-8H,18H2,1-4H3. The lowest BCUT2D eigenvalue weighted by Crippen LogP contribution is -2.04. The summed E-state index contributed by atoms with van der Waals surface area (Å²) in [5.41, 5.74) is 9.91. The van der Waals surface area contributed by atoms with Crippen LogP contribution in [0.4, 0.5) is 9.39 Å². The van der Waals surface area contributed by atoms with Gasteiger partial charge < -0.3 is 10.3 Å². The Balaban J connectivity index is 2.39. The molecule has 0 radical (unpaired) electrons. The summed E-state index contributed by atoms with van der Waals surface area (Å²) in [4.78, 5) is 5.84. The second kappa shape index (κ2) is 4.84. The zero-order chi connectivity index (χ0) is 15.3. The minimum atomic E-state index is -0.270. The Labute approximate surface area is 127 Å². The molecule has 3 nitrogen and oxygen atoms in total. The van der Waals surface area contributed by atoms with Crippen molar-refractivity contribution in [1.82, 2.24) is 9.55 Å². The molecule has 0 bridgehead atoms. The van der Waals surface area contributed by atoms with Gasteiger partial charge in [-0.3, -0.25) is 0 Å². The normalized spacial score (nSPS) is 11.7. The number of thiophene rings is 1. The van der Waals surface area contributed by atoms with Gasteiger partial charge in [0.05, 0.1) is 21.6 Å². The Morgan fingerprint density at radius 1 is 1.29 bits per heavy atom. The van der Waals surface area contributed by atoms with Gasteiger partial charge in [0.1, 0.15) is 11.6 Å². The lowest BCUT2D eigenvalue weighted by molar-refractivity contribution is 0.620. The van der Waals surface area contributed by atoms with Crippen molar-refractivity contribution in [2.75, 3.05) is 5.73 Å². The number of halogens is 1. The van der Waals surface area contributed by atoms with Crippen LogP contribution in [0.5, 0.6) is 0 Å². The maximum Gasteiger partial charge on any atom is 0.144 e. The number of aryl methyl sites for hydroxylation is 1. The minimum Gasteiger partial charge on any atom is -0.390 e. The minimum absolute atomic E-state index is 0.217. The summed E-state index contributed by atoms with van der Waals surface area (Å²) in [5, 5.41) is 0.766. The van der Waals surface area contributed by atoms with Crippen LogP contribution in [-0.4, -0.2) is 9.55 Å². The Morgan fingerprint density at radius 2 is 2.00 bits per heavy atom. The van der Waals surface area contributed by atoms with E-state index in [0.717, 1.165) is 27.5 Å². The maximum atomic E-state index is 13.5. The topological polar surface area (TPSA) is 43.8 Å². The Hall–Kier alpha value is -1.88. The van der Waals surface area contributed by atoms with Crippen LogP contribution in [0.1, 0.15) is 30.3 Å². The fourth-order valence-corrected chi connectivity index (χ4v) is 3.63. The van der Waals surface area contributed by atoms with Gasteiger partial charge in [0, 0.05) is 17.0 Å². The van der Waals surface area contributed by atoms with Crippen molar-refractivity contribution in [1.29, 1.82) is 0 Å². The van der Waals surface area contributed by atoms with Gasteiger partial charge >= 0.3 is 0 Å². The van der Waals surface area contributed by atoms with E-state index < -0.39 is 0 Å². The number of nitrogens with zero attached hydrogens (tertiary/aromatic N) is 2. The van der Waals surface area contributed by atoms with Crippen LogP contribution in [0.25, 0.3) is 22.4 Å². The van der Waals surface area contributed by atoms with Gasteiger partial charge in [-0.05, 0) is 45.4 Å². The lowest BCUT2D eigenvalue weighted by atomic mass is 10.1. The summed E-state index contributed by atoms with van der Waals surface area (Å²) in [5.74, 6) is 0.554. The van der Waals surface area contributed by atoms with E-state index in [1.165, 1.54) is 17.0 Å². The molecule has 110 valence electrons. The van der Waals surface area contributed by atoms with Crippen LogP contribution in [0, 0.1) is 19.7 Å². The smallest absolute Gasteiger partial charge is 0.144 e. The fraction of sp³-hybridized carbons (Fsp3) is 0.312. The number of rotatable bonds is 2. The monoisotopic (exact) mass is 303 g/mol. The van der Waals surface area contributed by atoms with Crippen LogP contribution in [0.3, 0.4) is 0 Å². The Bertz CT molecular complexity index is 830. The van der Waals surface area contributed by atoms with E-state index >= 15 is 0 Å². The average molecular weight is 303 g/mol. The first-order valence-corrected chi connectivity index (χ1v) is 7.75. The van der Waals surface area contributed by atoms with Crippen molar-refractivity contribution in [3.63, 3.8) is 0 Å². The first-order valence-electron chi connectivity index (χ1n) is 6.93. The molecule has 0 unspecified atom stereocenters. The van der Waals surface area contributed by atoms with Crippen molar-refractivity contribution < 1.29 is 4.39 Å². The molecule has 0 atom stereocenters. The molecule has 3 rings (SSSR count). The van der Waals surface area contributed by atoms with Gasteiger partial charge in [0.25, 0.3) is 0 Å². The predicted octanol–water partition coefficient (Wildman–Crippen LogP) is 4.68. The van der Waals surface area contributed by atoms with Crippen molar-refractivity contribution in [3.8, 4) is 11.4 Å². The molecule has 0 spiro atoms. The molecule has 2 aromatic heterocycles. The van der Waals surface area contributed by atoms with E-state index in [-0.39, 0.29) is 11.9 Å². The number of hydrogen-bond acceptors (Lipinski definition) is 3. The zero-order valence-electron chi connectivity index (χ0n) is 12.6. The highest BCUT2D eigenvalue weighted by Gasteiger charge is 2.21. The van der Waals surface area contributed by atoms with E-state index in [2.05, 4.69) is 37.2 Å². The molecule has 0 aliphatic heterocycles. The van der Waals surface area contributed by atoms with Crippen molar-refractivity contribution in [3.05, 3.63) is 34.5 Å². The van der Waals surface area contributed by atoms with Gasteiger partial charge in [-0.2, -0.15) is 0 Å². The number of hydrogen-bond donors (Lipinski definition) is 1. The van der Waals surface area contributed by atoms with Crippen LogP contribution in [0.15, 0.2) is 18.2 Å². The Morgan fingerprint density at radius 3 is 2.57 bits per heavy atom. The van der Waals surface area contributed by atoms with Crippen LogP contribution < -0.4 is 5.73 Å². The molecular formula is C16H18FN3S. The third-order valence-electron chi connectivity index (χ3n) is 3.80. The first-order chi connectivity index (χ1) is 9.90. The molecule has 0 saturated carbocycles. The molecule has 21 heavy (non-hydrogen) atoms. The summed E-state index contributed by atoms with van der Waals surface area (Å²) in [7, 11) is 0. The molecule has 1 aromatic carbocycles. The second-order valence-corrected chi connectivity index (χ2v) is 6.81. The van der Waals surface area contributed by atoms with E-state index in [4.69, 9.17) is 5.73 Å². The summed E-state index contributed by atoms with van der Waals surface area (Å²) in [6, 6.07) is 4.95. The third-order valence-corrected chi connectivity index (χ3v) is 4.84. The van der Waals surface area contributed by atoms with Crippen molar-refractivity contribution >= 4 is 27.4 Å². The first kappa shape index (κ1) is 14.1. The summed E-state index contributed by atoms with van der Waals surface area (Å²) >= 11 is 1.57. The number of nitrogen functional groups attached to an aromatic ring is 1. The van der Waals surface area contributed by atoms with Crippen LogP contribution >= 0.6 is 11.3 Å². The van der Waals surface area contributed by atoms with Gasteiger partial charge in [-0.25, -0.2) is 9.37 Å². The summed E-state index contributed by atoms with van der Waals surface area (Å²) in [6.45, 7) is 8.31. The van der Waals surface area contributed by atoms with Crippen molar-refractivity contribution in [2.45, 2.75) is 33.7 Å². The number of aromatic nitrogens is 2. The van der Waals surface area contributed by atoms with Gasteiger partial charge in [0.2, 0.25) is 0 Å². The van der Waals surface area contributed by atoms with Gasteiger partial charge in [0.15, 0.2) is 0 Å². The molecule has 2 N–H and O–H groups in total. The molecule has 3 aromatic rings. The van der Waals surface area contributed by atoms with E-state index in [1.54, 1.807) is 17.4 Å². The number of imidazole rings is 1. The SMILES string of the molecule is Cc1sc(N)c(-c2nc3cc(F)ccc3n2C(C)C)c1C. The highest BCUT2D eigenvalue weighted by molar-refractivity contribution is 7.16. The molecular weight excluding hydrogens is 285 g/mol. The van der Waals surface area contributed by atoms with Crippen LogP contribution in [0.2, 0.25) is 0 Å². The second-order valence-electron chi connectivity index (χ2n) is 5.55. The average Bonchev–Trinajstić information content (AvgIpc) is 2.87. The number of anilines is 1. The number of benzene rings is 1. The Kier molecular flexibility index (Phi) is 3.24. The molecule has 0 aliphatic rings. The summed E-state index contributed by atoms with van der Waals surface area (Å²) in [6.07, 6.45) is 0. The van der Waals surface area contributed by atoms with E-state index in [1.807, 2.05) is 0 Å². The predicted molar refractivity (Wildman–Crippen MR) is 87.3 cm³/mol. The molecule has 5 heteroatoms. The quantitative estimate of drug-likeness (QED) is 0.746. The molecule has 0 amide bonds. The molecule has 2 heterocycles. The lowest BCUT2D eigenvalue weighted by Gasteiger charge is -2.13. The zero-order valence-corrected chi connectivity index (χ0v) is 13.4. The number of fused-ring (bicyclic) bond motifs is 1. The molecule has 0 saturated heterocycles. The van der Waals surface area contributed by atoms with Gasteiger partial charge in [-0.15, -0.1) is 11.3 Å².